The molecule has 0 radical (unpaired) electrons. The maximum absolute atomic E-state index is 10.9. The minimum absolute atomic E-state index is 0.268. The zero-order chi connectivity index (χ0) is 13.9. The van der Waals surface area contributed by atoms with Gasteiger partial charge in [-0.15, -0.1) is 0 Å². The lowest BCUT2D eigenvalue weighted by Gasteiger charge is -2.20. The summed E-state index contributed by atoms with van der Waals surface area (Å²) in [7, 11) is 0. The highest BCUT2D eigenvalue weighted by Gasteiger charge is 2.20. The molecule has 2 unspecified atom stereocenters. The molecule has 0 fully saturated rings. The van der Waals surface area contributed by atoms with Crippen LogP contribution in [-0.2, 0) is 4.79 Å². The van der Waals surface area contributed by atoms with Crippen LogP contribution in [0.4, 0.5) is 5.69 Å². The Balaban J connectivity index is 3.05. The minimum Gasteiger partial charge on any atom is -0.481 e. The molecule has 1 aromatic rings. The summed E-state index contributed by atoms with van der Waals surface area (Å²) in [6.45, 7) is 7.02. The third-order valence-electron chi connectivity index (χ3n) is 2.96. The quantitative estimate of drug-likeness (QED) is 0.850. The summed E-state index contributed by atoms with van der Waals surface area (Å²) in [5.74, 6) is -1.40. The number of nitrogens with zero attached hydrogens (tertiary/aromatic N) is 2. The van der Waals surface area contributed by atoms with Gasteiger partial charge in [-0.25, -0.2) is 0 Å². The molecular weight excluding hydrogens is 230 g/mol. The summed E-state index contributed by atoms with van der Waals surface area (Å²) >= 11 is 0. The molecule has 2 atom stereocenters. The fourth-order valence-electron chi connectivity index (χ4n) is 1.67. The van der Waals surface area contributed by atoms with Crippen LogP contribution < -0.4 is 5.32 Å². The van der Waals surface area contributed by atoms with Crippen molar-refractivity contribution in [3.63, 3.8) is 0 Å². The van der Waals surface area contributed by atoms with Crippen molar-refractivity contribution in [1.29, 1.82) is 5.26 Å². The van der Waals surface area contributed by atoms with Crippen molar-refractivity contribution < 1.29 is 9.90 Å². The Hall–Kier alpha value is -2.09. The lowest BCUT2D eigenvalue weighted by Crippen LogP contribution is -2.30. The molecule has 1 heterocycles. The maximum Gasteiger partial charge on any atom is 0.308 e. The molecule has 5 nitrogen and oxygen atoms in total. The number of aryl methyl sites for hydroxylation is 2. The van der Waals surface area contributed by atoms with E-state index in [2.05, 4.69) is 16.4 Å². The predicted molar refractivity (Wildman–Crippen MR) is 68.3 cm³/mol. The molecule has 0 saturated heterocycles. The molecule has 18 heavy (non-hydrogen) atoms. The number of aliphatic carboxylic acids is 1. The zero-order valence-corrected chi connectivity index (χ0v) is 11.0. The summed E-state index contributed by atoms with van der Waals surface area (Å²) < 4.78 is 0. The van der Waals surface area contributed by atoms with E-state index in [-0.39, 0.29) is 6.04 Å². The van der Waals surface area contributed by atoms with Gasteiger partial charge < -0.3 is 10.4 Å². The second kappa shape index (κ2) is 5.50. The standard InChI is InChI=1S/C13H17N3O2/c1-7-5-12(11(6-14)10(4)15-7)16-9(3)8(2)13(17)18/h5,8-9H,1-4H3,(H,15,16)(H,17,18). The van der Waals surface area contributed by atoms with Crippen LogP contribution in [0.15, 0.2) is 6.07 Å². The molecule has 0 saturated carbocycles. The van der Waals surface area contributed by atoms with Crippen LogP contribution in [0.5, 0.6) is 0 Å². The van der Waals surface area contributed by atoms with Gasteiger partial charge in [-0.2, -0.15) is 5.26 Å². The van der Waals surface area contributed by atoms with E-state index >= 15 is 0 Å². The lowest BCUT2D eigenvalue weighted by molar-refractivity contribution is -0.141. The molecule has 0 aliphatic rings. The van der Waals surface area contributed by atoms with Gasteiger partial charge in [0.2, 0.25) is 0 Å². The number of nitriles is 1. The number of nitrogens with one attached hydrogen (secondary N) is 1. The molecule has 0 aromatic carbocycles. The molecule has 0 aliphatic heterocycles. The summed E-state index contributed by atoms with van der Waals surface area (Å²) in [6.07, 6.45) is 0. The molecule has 0 bridgehead atoms. The van der Waals surface area contributed by atoms with Gasteiger partial charge in [0.1, 0.15) is 6.07 Å². The number of carboxylic acid groups (broad SMARTS) is 1. The van der Waals surface area contributed by atoms with Crippen molar-refractivity contribution in [2.45, 2.75) is 33.7 Å². The molecule has 0 amide bonds. The van der Waals surface area contributed by atoms with Crippen LogP contribution in [0.3, 0.4) is 0 Å². The fourth-order valence-corrected chi connectivity index (χ4v) is 1.67. The first kappa shape index (κ1) is 14.0. The number of aromatic nitrogens is 1. The number of hydrogen-bond acceptors (Lipinski definition) is 4. The van der Waals surface area contributed by atoms with Crippen LogP contribution in [0.1, 0.15) is 30.8 Å². The number of carboxylic acids is 1. The third-order valence-corrected chi connectivity index (χ3v) is 2.96. The largest absolute Gasteiger partial charge is 0.481 e. The SMILES string of the molecule is Cc1cc(NC(C)C(C)C(=O)O)c(C#N)c(C)n1. The molecule has 5 heteroatoms. The Morgan fingerprint density at radius 2 is 2.11 bits per heavy atom. The van der Waals surface area contributed by atoms with E-state index in [4.69, 9.17) is 10.4 Å². The Bertz CT molecular complexity index is 506. The second-order valence-electron chi connectivity index (χ2n) is 4.44. The van der Waals surface area contributed by atoms with Crippen LogP contribution in [0.25, 0.3) is 0 Å². The first-order chi connectivity index (χ1) is 8.36. The molecule has 0 spiro atoms. The van der Waals surface area contributed by atoms with Gasteiger partial charge in [0.05, 0.1) is 22.9 Å². The smallest absolute Gasteiger partial charge is 0.308 e. The van der Waals surface area contributed by atoms with Gasteiger partial charge in [0.15, 0.2) is 0 Å². The Morgan fingerprint density at radius 3 is 2.61 bits per heavy atom. The summed E-state index contributed by atoms with van der Waals surface area (Å²) in [5.41, 5.74) is 2.55. The predicted octanol–water partition coefficient (Wildman–Crippen LogP) is 2.09. The molecular formula is C13H17N3O2. The van der Waals surface area contributed by atoms with Gasteiger partial charge in [0.25, 0.3) is 0 Å². The average molecular weight is 247 g/mol. The molecule has 1 rings (SSSR count). The van der Waals surface area contributed by atoms with Crippen molar-refractivity contribution in [2.24, 2.45) is 5.92 Å². The number of rotatable bonds is 4. The highest BCUT2D eigenvalue weighted by Crippen LogP contribution is 2.21. The van der Waals surface area contributed by atoms with Crippen molar-refractivity contribution in [1.82, 2.24) is 4.98 Å². The Labute approximate surface area is 106 Å². The zero-order valence-electron chi connectivity index (χ0n) is 11.0. The number of anilines is 1. The monoisotopic (exact) mass is 247 g/mol. The van der Waals surface area contributed by atoms with Gasteiger partial charge in [-0.3, -0.25) is 9.78 Å². The maximum atomic E-state index is 10.9. The normalized spacial score (nSPS) is 13.5. The number of carbonyl (C=O) groups is 1. The molecule has 0 aliphatic carbocycles. The Kier molecular flexibility index (Phi) is 4.27. The highest BCUT2D eigenvalue weighted by atomic mass is 16.4. The van der Waals surface area contributed by atoms with Gasteiger partial charge >= 0.3 is 5.97 Å². The van der Waals surface area contributed by atoms with Crippen LogP contribution in [0, 0.1) is 31.1 Å². The van der Waals surface area contributed by atoms with E-state index < -0.39 is 11.9 Å². The van der Waals surface area contributed by atoms with Crippen molar-refractivity contribution in [3.8, 4) is 6.07 Å². The average Bonchev–Trinajstić information content (AvgIpc) is 2.27. The lowest BCUT2D eigenvalue weighted by atomic mass is 10.0. The third kappa shape index (κ3) is 2.98. The summed E-state index contributed by atoms with van der Waals surface area (Å²) in [5, 5.41) is 21.1. The van der Waals surface area contributed by atoms with E-state index in [1.54, 1.807) is 26.8 Å². The van der Waals surface area contributed by atoms with Crippen molar-refractivity contribution in [3.05, 3.63) is 23.0 Å². The first-order valence-corrected chi connectivity index (χ1v) is 5.74. The van der Waals surface area contributed by atoms with Crippen LogP contribution in [0.2, 0.25) is 0 Å². The number of hydrogen-bond donors (Lipinski definition) is 2. The second-order valence-corrected chi connectivity index (χ2v) is 4.44. The van der Waals surface area contributed by atoms with E-state index in [0.717, 1.165) is 5.69 Å². The first-order valence-electron chi connectivity index (χ1n) is 5.74. The Morgan fingerprint density at radius 1 is 1.50 bits per heavy atom. The van der Waals surface area contributed by atoms with Gasteiger partial charge in [-0.1, -0.05) is 0 Å². The number of pyridine rings is 1. The molecule has 96 valence electrons. The minimum atomic E-state index is -0.865. The van der Waals surface area contributed by atoms with E-state index in [1.807, 2.05) is 6.92 Å². The fraction of sp³-hybridized carbons (Fsp3) is 0.462. The van der Waals surface area contributed by atoms with Crippen molar-refractivity contribution in [2.75, 3.05) is 5.32 Å². The van der Waals surface area contributed by atoms with E-state index in [1.165, 1.54) is 0 Å². The highest BCUT2D eigenvalue weighted by molar-refractivity contribution is 5.71. The van der Waals surface area contributed by atoms with Crippen LogP contribution >= 0.6 is 0 Å². The van der Waals surface area contributed by atoms with E-state index in [0.29, 0.717) is 16.9 Å². The van der Waals surface area contributed by atoms with Crippen LogP contribution in [-0.4, -0.2) is 22.1 Å². The summed E-state index contributed by atoms with van der Waals surface area (Å²) in [6, 6.07) is 3.58. The van der Waals surface area contributed by atoms with Gasteiger partial charge in [0, 0.05) is 11.7 Å². The summed E-state index contributed by atoms with van der Waals surface area (Å²) in [4.78, 5) is 15.1. The van der Waals surface area contributed by atoms with E-state index in [9.17, 15) is 4.79 Å². The van der Waals surface area contributed by atoms with Gasteiger partial charge in [-0.05, 0) is 33.8 Å². The topological polar surface area (TPSA) is 86.0 Å². The van der Waals surface area contributed by atoms with Crippen molar-refractivity contribution >= 4 is 11.7 Å². The molecule has 2 N–H and O–H groups in total. The molecule has 1 aromatic heterocycles.